The van der Waals surface area contributed by atoms with Crippen molar-refractivity contribution < 1.29 is 9.90 Å². The lowest BCUT2D eigenvalue weighted by Crippen LogP contribution is -2.28. The Hall–Kier alpha value is -0.770. The van der Waals surface area contributed by atoms with Gasteiger partial charge >= 0.3 is 0 Å². The van der Waals surface area contributed by atoms with Crippen LogP contribution in [0.3, 0.4) is 0 Å². The summed E-state index contributed by atoms with van der Waals surface area (Å²) in [4.78, 5) is 11.7. The van der Waals surface area contributed by atoms with Gasteiger partial charge in [0, 0.05) is 16.6 Å². The monoisotopic (exact) mass is 289 g/mol. The zero-order valence-electron chi connectivity index (χ0n) is 10.2. The van der Waals surface area contributed by atoms with Gasteiger partial charge in [0.05, 0.1) is 12.5 Å². The van der Waals surface area contributed by atoms with Crippen LogP contribution in [0.1, 0.15) is 25.3 Å². The number of benzene rings is 1. The minimum absolute atomic E-state index is 0.145. The van der Waals surface area contributed by atoms with Gasteiger partial charge < -0.3 is 10.4 Å². The standard InChI is InChI=1S/C13H17Cl2NO2/c1-2-9(17)6-7-16-13(18)8-10-11(14)4-3-5-12(10)15/h3-5,9,17H,2,6-8H2,1H3,(H,16,18). The molecule has 5 heteroatoms. The van der Waals surface area contributed by atoms with Crippen LogP contribution >= 0.6 is 23.2 Å². The summed E-state index contributed by atoms with van der Waals surface area (Å²) >= 11 is 12.0. The second kappa shape index (κ2) is 7.62. The van der Waals surface area contributed by atoms with Crippen molar-refractivity contribution in [2.24, 2.45) is 0 Å². The predicted octanol–water partition coefficient (Wildman–Crippen LogP) is 2.81. The van der Waals surface area contributed by atoms with E-state index in [1.54, 1.807) is 18.2 Å². The third kappa shape index (κ3) is 4.84. The molecule has 1 rings (SSSR count). The molecule has 0 spiro atoms. The molecule has 18 heavy (non-hydrogen) atoms. The van der Waals surface area contributed by atoms with E-state index in [1.807, 2.05) is 6.92 Å². The second-order valence-corrected chi connectivity index (χ2v) is 4.89. The summed E-state index contributed by atoms with van der Waals surface area (Å²) in [6, 6.07) is 5.15. The van der Waals surface area contributed by atoms with Crippen LogP contribution in [0.15, 0.2) is 18.2 Å². The first-order chi connectivity index (χ1) is 8.54. The maximum Gasteiger partial charge on any atom is 0.224 e. The fourth-order valence-corrected chi connectivity index (χ4v) is 2.04. The Labute approximate surface area is 117 Å². The van der Waals surface area contributed by atoms with Gasteiger partial charge in [-0.3, -0.25) is 4.79 Å². The SMILES string of the molecule is CCC(O)CCNC(=O)Cc1c(Cl)cccc1Cl. The number of nitrogens with one attached hydrogen (secondary N) is 1. The van der Waals surface area contributed by atoms with Crippen molar-refractivity contribution in [3.8, 4) is 0 Å². The predicted molar refractivity (Wildman–Crippen MR) is 74.1 cm³/mol. The van der Waals surface area contributed by atoms with Gasteiger partial charge in [0.1, 0.15) is 0 Å². The number of aliphatic hydroxyl groups is 1. The third-order valence-corrected chi connectivity index (χ3v) is 3.38. The summed E-state index contributed by atoms with van der Waals surface area (Å²) in [6.45, 7) is 2.35. The Kier molecular flexibility index (Phi) is 6.47. The number of aliphatic hydroxyl groups excluding tert-OH is 1. The number of carbonyl (C=O) groups excluding carboxylic acids is 1. The van der Waals surface area contributed by atoms with Crippen molar-refractivity contribution >= 4 is 29.1 Å². The number of carbonyl (C=O) groups is 1. The first-order valence-electron chi connectivity index (χ1n) is 5.92. The lowest BCUT2D eigenvalue weighted by molar-refractivity contribution is -0.120. The van der Waals surface area contributed by atoms with E-state index in [0.717, 1.165) is 0 Å². The van der Waals surface area contributed by atoms with Crippen molar-refractivity contribution in [3.05, 3.63) is 33.8 Å². The normalized spacial score (nSPS) is 12.2. The molecule has 0 fully saturated rings. The van der Waals surface area contributed by atoms with Crippen LogP contribution in [-0.2, 0) is 11.2 Å². The van der Waals surface area contributed by atoms with Crippen molar-refractivity contribution in [1.82, 2.24) is 5.32 Å². The number of halogens is 2. The molecule has 1 unspecified atom stereocenters. The van der Waals surface area contributed by atoms with Crippen LogP contribution in [0.25, 0.3) is 0 Å². The van der Waals surface area contributed by atoms with E-state index in [-0.39, 0.29) is 18.4 Å². The quantitative estimate of drug-likeness (QED) is 0.846. The average Bonchev–Trinajstić information content (AvgIpc) is 2.34. The first kappa shape index (κ1) is 15.3. The molecule has 1 atom stereocenters. The average molecular weight is 290 g/mol. The topological polar surface area (TPSA) is 49.3 Å². The molecule has 0 heterocycles. The molecule has 0 aliphatic heterocycles. The fourth-order valence-electron chi connectivity index (χ4n) is 1.51. The molecule has 3 nitrogen and oxygen atoms in total. The summed E-state index contributed by atoms with van der Waals surface area (Å²) in [5.41, 5.74) is 0.634. The van der Waals surface area contributed by atoms with Gasteiger partial charge in [-0.2, -0.15) is 0 Å². The molecule has 0 saturated carbocycles. The highest BCUT2D eigenvalue weighted by Crippen LogP contribution is 2.24. The Bertz CT molecular complexity index is 390. The van der Waals surface area contributed by atoms with Gasteiger partial charge in [0.2, 0.25) is 5.91 Å². The summed E-state index contributed by atoms with van der Waals surface area (Å²) < 4.78 is 0. The third-order valence-electron chi connectivity index (χ3n) is 2.67. The highest BCUT2D eigenvalue weighted by Gasteiger charge is 2.10. The minimum Gasteiger partial charge on any atom is -0.393 e. The molecule has 1 aromatic carbocycles. The van der Waals surface area contributed by atoms with Gasteiger partial charge in [-0.25, -0.2) is 0 Å². The van der Waals surface area contributed by atoms with E-state index in [0.29, 0.717) is 35.0 Å². The molecular formula is C13H17Cl2NO2. The fraction of sp³-hybridized carbons (Fsp3) is 0.462. The summed E-state index contributed by atoms with van der Waals surface area (Å²) in [5.74, 6) is -0.145. The molecule has 0 radical (unpaired) electrons. The molecule has 0 bridgehead atoms. The zero-order valence-corrected chi connectivity index (χ0v) is 11.8. The number of hydrogen-bond acceptors (Lipinski definition) is 2. The zero-order chi connectivity index (χ0) is 13.5. The minimum atomic E-state index is -0.366. The van der Waals surface area contributed by atoms with Crippen LogP contribution in [0.2, 0.25) is 10.0 Å². The summed E-state index contributed by atoms with van der Waals surface area (Å²) in [6.07, 6.45) is 1.03. The molecule has 100 valence electrons. The van der Waals surface area contributed by atoms with Gasteiger partial charge in [0.25, 0.3) is 0 Å². The van der Waals surface area contributed by atoms with Crippen LogP contribution in [0.4, 0.5) is 0 Å². The summed E-state index contributed by atoms with van der Waals surface area (Å²) in [7, 11) is 0. The van der Waals surface area contributed by atoms with Gasteiger partial charge in [-0.05, 0) is 30.5 Å². The second-order valence-electron chi connectivity index (χ2n) is 4.08. The van der Waals surface area contributed by atoms with E-state index < -0.39 is 0 Å². The molecule has 1 amide bonds. The first-order valence-corrected chi connectivity index (χ1v) is 6.67. The Morgan fingerprint density at radius 3 is 2.56 bits per heavy atom. The lowest BCUT2D eigenvalue weighted by atomic mass is 10.1. The van der Waals surface area contributed by atoms with E-state index in [9.17, 15) is 9.90 Å². The van der Waals surface area contributed by atoms with E-state index in [4.69, 9.17) is 23.2 Å². The van der Waals surface area contributed by atoms with E-state index in [1.165, 1.54) is 0 Å². The van der Waals surface area contributed by atoms with Crippen molar-refractivity contribution in [3.63, 3.8) is 0 Å². The van der Waals surface area contributed by atoms with Gasteiger partial charge in [0.15, 0.2) is 0 Å². The summed E-state index contributed by atoms with van der Waals surface area (Å²) in [5, 5.41) is 13.1. The maximum atomic E-state index is 11.7. The number of amides is 1. The Balaban J connectivity index is 2.45. The van der Waals surface area contributed by atoms with Crippen LogP contribution in [0, 0.1) is 0 Å². The number of hydrogen-bond donors (Lipinski definition) is 2. The smallest absolute Gasteiger partial charge is 0.224 e. The highest BCUT2D eigenvalue weighted by atomic mass is 35.5. The van der Waals surface area contributed by atoms with E-state index in [2.05, 4.69) is 5.32 Å². The van der Waals surface area contributed by atoms with Gasteiger partial charge in [-0.1, -0.05) is 36.2 Å². The van der Waals surface area contributed by atoms with Gasteiger partial charge in [-0.15, -0.1) is 0 Å². The molecular weight excluding hydrogens is 273 g/mol. The number of rotatable bonds is 6. The van der Waals surface area contributed by atoms with Crippen LogP contribution in [0.5, 0.6) is 0 Å². The van der Waals surface area contributed by atoms with Crippen LogP contribution < -0.4 is 5.32 Å². The van der Waals surface area contributed by atoms with Crippen LogP contribution in [-0.4, -0.2) is 23.7 Å². The highest BCUT2D eigenvalue weighted by molar-refractivity contribution is 6.36. The Morgan fingerprint density at radius 2 is 2.00 bits per heavy atom. The Morgan fingerprint density at radius 1 is 1.39 bits per heavy atom. The van der Waals surface area contributed by atoms with Crippen molar-refractivity contribution in [1.29, 1.82) is 0 Å². The molecule has 0 saturated heterocycles. The molecule has 1 aromatic rings. The van der Waals surface area contributed by atoms with E-state index >= 15 is 0 Å². The largest absolute Gasteiger partial charge is 0.393 e. The lowest BCUT2D eigenvalue weighted by Gasteiger charge is -2.10. The maximum absolute atomic E-state index is 11.7. The molecule has 0 aliphatic carbocycles. The molecule has 0 aromatic heterocycles. The molecule has 0 aliphatic rings. The van der Waals surface area contributed by atoms with Crippen molar-refractivity contribution in [2.45, 2.75) is 32.3 Å². The van der Waals surface area contributed by atoms with Crippen molar-refractivity contribution in [2.75, 3.05) is 6.54 Å². The molecule has 2 N–H and O–H groups in total.